The van der Waals surface area contributed by atoms with Gasteiger partial charge in [0.15, 0.2) is 12.6 Å². The number of ether oxygens (including phenoxy) is 4. The minimum Gasteiger partial charge on any atom is -0.394 e. The average Bonchev–Trinajstić information content (AvgIpc) is 3.18. The predicted molar refractivity (Wildman–Crippen MR) is 341 cm³/mol. The number of hydrogen-bond acceptors (Lipinski definition) is 13. The van der Waals surface area contributed by atoms with Crippen molar-refractivity contribution in [2.75, 3.05) is 19.8 Å². The van der Waals surface area contributed by atoms with Gasteiger partial charge in [0, 0.05) is 6.42 Å². The maximum atomic E-state index is 13.3. The first-order chi connectivity index (χ1) is 41.1. The fourth-order valence-electron chi connectivity index (χ4n) is 9.65. The van der Waals surface area contributed by atoms with Crippen molar-refractivity contribution in [3.63, 3.8) is 0 Å². The third-order valence-electron chi connectivity index (χ3n) is 14.8. The molecule has 2 aliphatic heterocycles. The van der Waals surface area contributed by atoms with E-state index in [-0.39, 0.29) is 18.9 Å². The van der Waals surface area contributed by atoms with Crippen molar-refractivity contribution in [1.29, 1.82) is 0 Å². The van der Waals surface area contributed by atoms with Crippen LogP contribution in [-0.4, -0.2) is 140 Å². The number of unbranched alkanes of at least 4 members (excludes halogenated alkanes) is 17. The van der Waals surface area contributed by atoms with Gasteiger partial charge < -0.3 is 65.1 Å². The van der Waals surface area contributed by atoms with Crippen LogP contribution in [0.15, 0.2) is 134 Å². The van der Waals surface area contributed by atoms with Gasteiger partial charge in [-0.25, -0.2) is 0 Å². The van der Waals surface area contributed by atoms with Crippen LogP contribution < -0.4 is 5.32 Å². The number of amides is 1. The van der Waals surface area contributed by atoms with Crippen LogP contribution in [0.4, 0.5) is 0 Å². The Morgan fingerprint density at radius 2 is 0.833 bits per heavy atom. The second-order valence-corrected chi connectivity index (χ2v) is 22.1. The summed E-state index contributed by atoms with van der Waals surface area (Å²) in [6.07, 6.45) is 62.0. The van der Waals surface area contributed by atoms with Gasteiger partial charge >= 0.3 is 0 Å². The summed E-state index contributed by atoms with van der Waals surface area (Å²) in [5.74, 6) is -0.286. The molecule has 12 atom stereocenters. The predicted octanol–water partition coefficient (Wildman–Crippen LogP) is 12.3. The highest BCUT2D eigenvalue weighted by Gasteiger charge is 2.51. The van der Waals surface area contributed by atoms with E-state index < -0.39 is 86.8 Å². The molecule has 0 radical (unpaired) electrons. The first-order valence-corrected chi connectivity index (χ1v) is 32.4. The van der Waals surface area contributed by atoms with Gasteiger partial charge in [-0.3, -0.25) is 4.79 Å². The van der Waals surface area contributed by atoms with E-state index in [0.29, 0.717) is 12.8 Å². The molecule has 14 nitrogen and oxygen atoms in total. The van der Waals surface area contributed by atoms with Crippen LogP contribution in [0, 0.1) is 0 Å². The molecule has 2 rings (SSSR count). The van der Waals surface area contributed by atoms with E-state index in [1.165, 1.54) is 83.5 Å². The second-order valence-electron chi connectivity index (χ2n) is 22.1. The van der Waals surface area contributed by atoms with Crippen LogP contribution in [0.3, 0.4) is 0 Å². The smallest absolute Gasteiger partial charge is 0.220 e. The van der Waals surface area contributed by atoms with Crippen LogP contribution in [0.25, 0.3) is 0 Å². The molecule has 0 aromatic carbocycles. The lowest BCUT2D eigenvalue weighted by molar-refractivity contribution is -0.359. The minimum atomic E-state index is -1.80. The van der Waals surface area contributed by atoms with E-state index in [4.69, 9.17) is 18.9 Å². The number of carbonyl (C=O) groups excluding carboxylic acids is 1. The van der Waals surface area contributed by atoms with Gasteiger partial charge in [0.2, 0.25) is 5.91 Å². The summed E-state index contributed by atoms with van der Waals surface area (Å²) >= 11 is 0. The zero-order valence-corrected chi connectivity index (χ0v) is 51.6. The number of aliphatic hydroxyl groups is 8. The van der Waals surface area contributed by atoms with Crippen LogP contribution in [0.5, 0.6) is 0 Å². The molecule has 9 N–H and O–H groups in total. The van der Waals surface area contributed by atoms with E-state index in [2.05, 4.69) is 141 Å². The van der Waals surface area contributed by atoms with Gasteiger partial charge in [-0.05, 0) is 103 Å². The maximum absolute atomic E-state index is 13.3. The molecule has 14 heteroatoms. The largest absolute Gasteiger partial charge is 0.394 e. The Hall–Kier alpha value is -3.87. The second kappa shape index (κ2) is 53.4. The first kappa shape index (κ1) is 76.2. The Kier molecular flexibility index (Phi) is 48.4. The summed E-state index contributed by atoms with van der Waals surface area (Å²) in [5, 5.41) is 87.2. The molecule has 0 saturated carbocycles. The minimum absolute atomic E-state index is 0.224. The Morgan fingerprint density at radius 1 is 0.440 bits per heavy atom. The van der Waals surface area contributed by atoms with Crippen LogP contribution >= 0.6 is 0 Å². The van der Waals surface area contributed by atoms with E-state index >= 15 is 0 Å². The lowest BCUT2D eigenvalue weighted by Gasteiger charge is -2.46. The summed E-state index contributed by atoms with van der Waals surface area (Å²) in [6.45, 7) is 2.63. The fourth-order valence-corrected chi connectivity index (χ4v) is 9.65. The van der Waals surface area contributed by atoms with Crippen molar-refractivity contribution in [3.05, 3.63) is 134 Å². The molecule has 478 valence electrons. The highest BCUT2D eigenvalue weighted by molar-refractivity contribution is 5.76. The summed E-state index contributed by atoms with van der Waals surface area (Å²) in [4.78, 5) is 13.3. The summed E-state index contributed by atoms with van der Waals surface area (Å²) in [5.41, 5.74) is 0. The number of allylic oxidation sites excluding steroid dienone is 21. The van der Waals surface area contributed by atoms with Gasteiger partial charge in [0.1, 0.15) is 48.8 Å². The van der Waals surface area contributed by atoms with Crippen molar-refractivity contribution >= 4 is 5.91 Å². The van der Waals surface area contributed by atoms with Crippen molar-refractivity contribution < 1.29 is 64.6 Å². The fraction of sp³-hybridized carbons (Fsp3) is 0.671. The molecule has 2 fully saturated rings. The highest BCUT2D eigenvalue weighted by atomic mass is 16.7. The molecule has 2 aliphatic rings. The Balaban J connectivity index is 1.76. The van der Waals surface area contributed by atoms with Crippen LogP contribution in [0.2, 0.25) is 0 Å². The van der Waals surface area contributed by atoms with E-state index in [9.17, 15) is 45.6 Å². The summed E-state index contributed by atoms with van der Waals surface area (Å²) in [7, 11) is 0. The summed E-state index contributed by atoms with van der Waals surface area (Å²) in [6, 6.07) is -0.961. The molecule has 0 aromatic rings. The van der Waals surface area contributed by atoms with Gasteiger partial charge in [-0.15, -0.1) is 0 Å². The Labute approximate surface area is 507 Å². The lowest BCUT2D eigenvalue weighted by atomic mass is 9.97. The molecular weight excluding hydrogens is 1060 g/mol. The number of hydrogen-bond donors (Lipinski definition) is 9. The third kappa shape index (κ3) is 37.6. The van der Waals surface area contributed by atoms with Gasteiger partial charge in [-0.1, -0.05) is 231 Å². The van der Waals surface area contributed by atoms with E-state index in [1.807, 2.05) is 6.08 Å². The SMILES string of the molecule is CC/C=C\C/C=C\C/C=C\C/C=C\C/C=C\C/C=C\C/C=C\C/C=C\C/C=C\CCCCCC(=O)NC(COC1OC(CO)C(OC2OC(CO)C(O)C(O)C2O)C(O)C1O)C(O)/C=C/CC/C=C/CCCCCCCCCCCCCCC. The molecule has 2 saturated heterocycles. The molecular formula is C70H115NO13. The normalized spacial score (nSPS) is 24.6. The Bertz CT molecular complexity index is 1920. The molecule has 0 spiro atoms. The van der Waals surface area contributed by atoms with Gasteiger partial charge in [-0.2, -0.15) is 0 Å². The monoisotopic (exact) mass is 1180 g/mol. The van der Waals surface area contributed by atoms with Gasteiger partial charge in [0.25, 0.3) is 0 Å². The topological polar surface area (TPSA) is 228 Å². The van der Waals surface area contributed by atoms with E-state index in [1.54, 1.807) is 6.08 Å². The molecule has 84 heavy (non-hydrogen) atoms. The van der Waals surface area contributed by atoms with Crippen molar-refractivity contribution in [1.82, 2.24) is 5.32 Å². The molecule has 1 amide bonds. The van der Waals surface area contributed by atoms with Crippen molar-refractivity contribution in [2.45, 2.75) is 280 Å². The first-order valence-electron chi connectivity index (χ1n) is 32.4. The molecule has 12 unspecified atom stereocenters. The third-order valence-corrected chi connectivity index (χ3v) is 14.8. The van der Waals surface area contributed by atoms with Crippen molar-refractivity contribution in [2.24, 2.45) is 0 Å². The quantitative estimate of drug-likeness (QED) is 0.0204. The maximum Gasteiger partial charge on any atom is 0.220 e. The molecule has 0 aromatic heterocycles. The number of nitrogens with one attached hydrogen (secondary N) is 1. The number of aliphatic hydroxyl groups excluding tert-OH is 8. The highest BCUT2D eigenvalue weighted by Crippen LogP contribution is 2.30. The molecule has 0 aliphatic carbocycles. The number of rotatable bonds is 50. The summed E-state index contributed by atoms with van der Waals surface area (Å²) < 4.78 is 22.8. The standard InChI is InChI=1S/C70H115NO13/c1-3-5-7-9-11-13-15-17-19-21-23-24-25-26-27-28-29-30-31-32-33-34-36-38-40-42-44-46-48-50-52-54-62(75)71-58(59(74)53-51-49-47-45-43-41-39-37-35-22-20-18-16-14-12-10-8-6-4-2)57-81-69-67(80)65(78)68(61(56-73)83-69)84-70-66(79)64(77)63(76)60(55-72)82-70/h5,7,11,13,17,19,23-24,26-27,29-30,32-33,36,38,42-45,51,53,58-61,63-70,72-74,76-80H,3-4,6,8-10,12,14-16,18,20-22,25,28,31,34-35,37,39-41,46-50,52,54-57H2,1-2H3,(H,71,75)/b7-5-,13-11-,19-17-,24-23-,27-26-,30-29-,33-32-,38-36-,44-42-,45-43+,53-51+. The van der Waals surface area contributed by atoms with Crippen LogP contribution in [0.1, 0.15) is 206 Å². The molecule has 2 heterocycles. The number of carbonyl (C=O) groups is 1. The van der Waals surface area contributed by atoms with Crippen molar-refractivity contribution in [3.8, 4) is 0 Å². The lowest BCUT2D eigenvalue weighted by Crippen LogP contribution is -2.65. The average molecular weight is 1180 g/mol. The van der Waals surface area contributed by atoms with E-state index in [0.717, 1.165) is 89.9 Å². The Morgan fingerprint density at radius 3 is 1.31 bits per heavy atom. The zero-order valence-electron chi connectivity index (χ0n) is 51.6. The van der Waals surface area contributed by atoms with Gasteiger partial charge in [0.05, 0.1) is 32.0 Å². The zero-order chi connectivity index (χ0) is 60.9. The molecule has 0 bridgehead atoms. The van der Waals surface area contributed by atoms with Crippen LogP contribution in [-0.2, 0) is 23.7 Å².